The number of esters is 1. The van der Waals surface area contributed by atoms with Gasteiger partial charge >= 0.3 is 5.97 Å². The maximum atomic E-state index is 12.0. The SMILES string of the molecule is COc1ccc(CC(=O)OCC(=O)Nc2c(C)nn(C)c2C)cc1OC. The van der Waals surface area contributed by atoms with Crippen LogP contribution in [-0.4, -0.2) is 42.5 Å². The highest BCUT2D eigenvalue weighted by molar-refractivity contribution is 5.93. The maximum absolute atomic E-state index is 12.0. The van der Waals surface area contributed by atoms with Crippen LogP contribution in [0.5, 0.6) is 11.5 Å². The van der Waals surface area contributed by atoms with Gasteiger partial charge in [-0.15, -0.1) is 0 Å². The first-order valence-electron chi connectivity index (χ1n) is 8.02. The molecule has 0 aliphatic carbocycles. The van der Waals surface area contributed by atoms with Gasteiger partial charge < -0.3 is 19.5 Å². The van der Waals surface area contributed by atoms with Crippen molar-refractivity contribution < 1.29 is 23.8 Å². The van der Waals surface area contributed by atoms with Crippen molar-refractivity contribution in [2.75, 3.05) is 26.1 Å². The lowest BCUT2D eigenvalue weighted by atomic mass is 10.1. The summed E-state index contributed by atoms with van der Waals surface area (Å²) in [5.41, 5.74) is 2.86. The predicted octanol–water partition coefficient (Wildman–Crippen LogP) is 1.78. The highest BCUT2D eigenvalue weighted by Gasteiger charge is 2.15. The van der Waals surface area contributed by atoms with Gasteiger partial charge in [-0.25, -0.2) is 0 Å². The molecule has 0 spiro atoms. The first-order chi connectivity index (χ1) is 12.3. The van der Waals surface area contributed by atoms with E-state index in [0.29, 0.717) is 28.4 Å². The summed E-state index contributed by atoms with van der Waals surface area (Å²) in [7, 11) is 4.85. The highest BCUT2D eigenvalue weighted by atomic mass is 16.5. The molecule has 2 aromatic rings. The molecule has 1 N–H and O–H groups in total. The third-order valence-corrected chi connectivity index (χ3v) is 3.93. The number of rotatable bonds is 7. The molecule has 1 heterocycles. The van der Waals surface area contributed by atoms with Gasteiger partial charge in [-0.05, 0) is 31.5 Å². The highest BCUT2D eigenvalue weighted by Crippen LogP contribution is 2.27. The normalized spacial score (nSPS) is 10.3. The van der Waals surface area contributed by atoms with Crippen LogP contribution in [0.15, 0.2) is 18.2 Å². The molecule has 0 saturated heterocycles. The molecule has 0 aliphatic rings. The molecule has 1 amide bonds. The molecular formula is C18H23N3O5. The minimum absolute atomic E-state index is 0.0264. The summed E-state index contributed by atoms with van der Waals surface area (Å²) in [4.78, 5) is 24.0. The van der Waals surface area contributed by atoms with Gasteiger partial charge in [-0.2, -0.15) is 5.10 Å². The summed E-state index contributed by atoms with van der Waals surface area (Å²) in [6, 6.07) is 5.15. The summed E-state index contributed by atoms with van der Waals surface area (Å²) in [6.07, 6.45) is 0.0264. The Balaban J connectivity index is 1.89. The van der Waals surface area contributed by atoms with E-state index in [-0.39, 0.29) is 13.0 Å². The fraction of sp³-hybridized carbons (Fsp3) is 0.389. The van der Waals surface area contributed by atoms with Gasteiger partial charge in [0.1, 0.15) is 0 Å². The van der Waals surface area contributed by atoms with E-state index in [1.54, 1.807) is 36.9 Å². The van der Waals surface area contributed by atoms with Crippen molar-refractivity contribution >= 4 is 17.6 Å². The van der Waals surface area contributed by atoms with Gasteiger partial charge in [0.2, 0.25) is 0 Å². The molecule has 8 nitrogen and oxygen atoms in total. The topological polar surface area (TPSA) is 91.7 Å². The smallest absolute Gasteiger partial charge is 0.310 e. The van der Waals surface area contributed by atoms with E-state index in [9.17, 15) is 9.59 Å². The van der Waals surface area contributed by atoms with E-state index in [0.717, 1.165) is 5.69 Å². The van der Waals surface area contributed by atoms with Crippen molar-refractivity contribution in [1.29, 1.82) is 0 Å². The molecule has 0 fully saturated rings. The van der Waals surface area contributed by atoms with E-state index in [1.807, 2.05) is 6.92 Å². The van der Waals surface area contributed by atoms with Crippen LogP contribution < -0.4 is 14.8 Å². The number of nitrogens with one attached hydrogen (secondary N) is 1. The lowest BCUT2D eigenvalue weighted by molar-refractivity contribution is -0.146. The number of nitrogens with zero attached hydrogens (tertiary/aromatic N) is 2. The second-order valence-electron chi connectivity index (χ2n) is 5.74. The van der Waals surface area contributed by atoms with Crippen LogP contribution in [0.2, 0.25) is 0 Å². The average molecular weight is 361 g/mol. The minimum Gasteiger partial charge on any atom is -0.493 e. The zero-order valence-corrected chi connectivity index (χ0v) is 15.6. The molecule has 0 unspecified atom stereocenters. The van der Waals surface area contributed by atoms with E-state index in [4.69, 9.17) is 14.2 Å². The minimum atomic E-state index is -0.507. The molecule has 0 atom stereocenters. The average Bonchev–Trinajstić information content (AvgIpc) is 2.86. The fourth-order valence-corrected chi connectivity index (χ4v) is 2.48. The zero-order valence-electron chi connectivity index (χ0n) is 15.6. The Morgan fingerprint density at radius 1 is 1.15 bits per heavy atom. The molecule has 1 aromatic heterocycles. The Hall–Kier alpha value is -3.03. The Kier molecular flexibility index (Phi) is 6.21. The van der Waals surface area contributed by atoms with Crippen LogP contribution in [0.3, 0.4) is 0 Å². The number of benzene rings is 1. The molecule has 0 bridgehead atoms. The van der Waals surface area contributed by atoms with Crippen LogP contribution in [0.25, 0.3) is 0 Å². The van der Waals surface area contributed by atoms with Gasteiger partial charge in [0.15, 0.2) is 18.1 Å². The number of carbonyl (C=O) groups excluding carboxylic acids is 2. The summed E-state index contributed by atoms with van der Waals surface area (Å²) in [5.74, 6) is 0.182. The van der Waals surface area contributed by atoms with Gasteiger partial charge in [-0.3, -0.25) is 14.3 Å². The van der Waals surface area contributed by atoms with Crippen LogP contribution in [0.4, 0.5) is 5.69 Å². The molecule has 0 aliphatic heterocycles. The fourth-order valence-electron chi connectivity index (χ4n) is 2.48. The Bertz CT molecular complexity index is 813. The van der Waals surface area contributed by atoms with E-state index >= 15 is 0 Å². The number of amides is 1. The molecular weight excluding hydrogens is 338 g/mol. The first kappa shape index (κ1) is 19.3. The summed E-state index contributed by atoms with van der Waals surface area (Å²) < 4.78 is 17.1. The molecule has 26 heavy (non-hydrogen) atoms. The second kappa shape index (κ2) is 8.37. The third kappa shape index (κ3) is 4.53. The monoisotopic (exact) mass is 361 g/mol. The largest absolute Gasteiger partial charge is 0.493 e. The van der Waals surface area contributed by atoms with E-state index in [1.165, 1.54) is 14.2 Å². The molecule has 140 valence electrons. The van der Waals surface area contributed by atoms with Crippen LogP contribution >= 0.6 is 0 Å². The van der Waals surface area contributed by atoms with Crippen LogP contribution in [-0.2, 0) is 27.8 Å². The number of hydrogen-bond acceptors (Lipinski definition) is 6. The standard InChI is InChI=1S/C18H23N3O5/c1-11-18(12(2)21(3)20-11)19-16(22)10-26-17(23)9-13-6-7-14(24-4)15(8-13)25-5/h6-8H,9-10H2,1-5H3,(H,19,22). The summed E-state index contributed by atoms with van der Waals surface area (Å²) in [5, 5.41) is 6.93. The quantitative estimate of drug-likeness (QED) is 0.756. The van der Waals surface area contributed by atoms with Gasteiger partial charge in [0.25, 0.3) is 5.91 Å². The van der Waals surface area contributed by atoms with Crippen molar-refractivity contribution in [1.82, 2.24) is 9.78 Å². The number of aromatic nitrogens is 2. The molecule has 2 rings (SSSR count). The number of aryl methyl sites for hydroxylation is 2. The van der Waals surface area contributed by atoms with E-state index in [2.05, 4.69) is 10.4 Å². The lowest BCUT2D eigenvalue weighted by Gasteiger charge is -2.10. The lowest BCUT2D eigenvalue weighted by Crippen LogP contribution is -2.22. The van der Waals surface area contributed by atoms with Crippen molar-refractivity contribution in [3.05, 3.63) is 35.2 Å². The molecule has 0 saturated carbocycles. The summed E-state index contributed by atoms with van der Waals surface area (Å²) in [6.45, 7) is 3.28. The second-order valence-corrected chi connectivity index (χ2v) is 5.74. The Labute approximate surface area is 152 Å². The number of carbonyl (C=O) groups is 2. The summed E-state index contributed by atoms with van der Waals surface area (Å²) >= 11 is 0. The van der Waals surface area contributed by atoms with Crippen molar-refractivity contribution in [2.45, 2.75) is 20.3 Å². The van der Waals surface area contributed by atoms with Gasteiger partial charge in [0, 0.05) is 7.05 Å². The van der Waals surface area contributed by atoms with E-state index < -0.39 is 11.9 Å². The van der Waals surface area contributed by atoms with Gasteiger partial charge in [-0.1, -0.05) is 6.07 Å². The zero-order chi connectivity index (χ0) is 19.3. The third-order valence-electron chi connectivity index (χ3n) is 3.93. The maximum Gasteiger partial charge on any atom is 0.310 e. The number of methoxy groups -OCH3 is 2. The van der Waals surface area contributed by atoms with Crippen molar-refractivity contribution in [3.63, 3.8) is 0 Å². The first-order valence-corrected chi connectivity index (χ1v) is 8.02. The molecule has 8 heteroatoms. The van der Waals surface area contributed by atoms with Crippen molar-refractivity contribution in [3.8, 4) is 11.5 Å². The molecule has 0 radical (unpaired) electrons. The van der Waals surface area contributed by atoms with Crippen LogP contribution in [0, 0.1) is 13.8 Å². The number of hydrogen-bond donors (Lipinski definition) is 1. The Morgan fingerprint density at radius 3 is 2.42 bits per heavy atom. The van der Waals surface area contributed by atoms with Crippen LogP contribution in [0.1, 0.15) is 17.0 Å². The van der Waals surface area contributed by atoms with Gasteiger partial charge in [0.05, 0.1) is 37.7 Å². The molecule has 1 aromatic carbocycles. The predicted molar refractivity (Wildman–Crippen MR) is 95.5 cm³/mol. The van der Waals surface area contributed by atoms with Crippen molar-refractivity contribution in [2.24, 2.45) is 7.05 Å². The number of anilines is 1. The Morgan fingerprint density at radius 2 is 1.85 bits per heavy atom. The number of ether oxygens (including phenoxy) is 3.